The van der Waals surface area contributed by atoms with Crippen molar-refractivity contribution in [3.05, 3.63) is 75.7 Å². The molecular weight excluding hydrogens is 426 g/mol. The Morgan fingerprint density at radius 2 is 2.03 bits per heavy atom. The molecule has 0 amide bonds. The second-order valence-electron chi connectivity index (χ2n) is 9.57. The Morgan fingerprint density at radius 1 is 1.15 bits per heavy atom. The topological polar surface area (TPSA) is 80.0 Å². The van der Waals surface area contributed by atoms with Crippen molar-refractivity contribution in [3.63, 3.8) is 0 Å². The maximum atomic E-state index is 13.3. The molecule has 2 aromatic carbocycles. The lowest BCUT2D eigenvalue weighted by Crippen LogP contribution is -2.23. The largest absolute Gasteiger partial charge is 0.324 e. The molecule has 6 rings (SSSR count). The minimum absolute atomic E-state index is 0.0247. The first-order valence-electron chi connectivity index (χ1n) is 11.9. The highest BCUT2D eigenvalue weighted by molar-refractivity contribution is 5.77. The van der Waals surface area contributed by atoms with Crippen LogP contribution in [-0.4, -0.2) is 44.9 Å². The number of fused-ring (bicyclic) bond motifs is 2. The third kappa shape index (κ3) is 3.89. The molecule has 4 aromatic rings. The van der Waals surface area contributed by atoms with Crippen molar-refractivity contribution in [1.82, 2.24) is 29.5 Å². The smallest absolute Gasteiger partial charge is 0.278 e. The van der Waals surface area contributed by atoms with Crippen LogP contribution in [0.2, 0.25) is 0 Å². The third-order valence-corrected chi connectivity index (χ3v) is 6.52. The predicted molar refractivity (Wildman–Crippen MR) is 134 cm³/mol. The lowest BCUT2D eigenvalue weighted by Gasteiger charge is -2.18. The zero-order valence-electron chi connectivity index (χ0n) is 19.6. The van der Waals surface area contributed by atoms with Gasteiger partial charge < -0.3 is 15.5 Å². The second-order valence-corrected chi connectivity index (χ2v) is 9.57. The van der Waals surface area contributed by atoms with Gasteiger partial charge in [0.05, 0.1) is 11.7 Å². The quantitative estimate of drug-likeness (QED) is 0.464. The van der Waals surface area contributed by atoms with Crippen molar-refractivity contribution >= 4 is 22.7 Å². The fourth-order valence-electron chi connectivity index (χ4n) is 4.79. The number of rotatable bonds is 6. The van der Waals surface area contributed by atoms with Crippen molar-refractivity contribution in [3.8, 4) is 5.69 Å². The van der Waals surface area contributed by atoms with Gasteiger partial charge in [-0.05, 0) is 80.9 Å². The van der Waals surface area contributed by atoms with Crippen LogP contribution in [0.5, 0.6) is 0 Å². The number of anilines is 2. The molecule has 0 spiro atoms. The molecule has 2 aliphatic rings. The maximum absolute atomic E-state index is 13.3. The summed E-state index contributed by atoms with van der Waals surface area (Å²) >= 11 is 0. The molecule has 2 aromatic heterocycles. The monoisotopic (exact) mass is 455 g/mol. The second kappa shape index (κ2) is 8.38. The maximum Gasteiger partial charge on any atom is 0.278 e. The van der Waals surface area contributed by atoms with Crippen LogP contribution in [0.3, 0.4) is 0 Å². The standard InChI is InChI=1S/C26H29N7O/c1-31(2)16-17-4-3-5-22(12-17)32-24-23(25(34)33(32)21-8-9-21)15-28-26(30-24)29-20-7-6-19-14-27-11-10-18(19)13-20/h3-7,12-13,15,21,27H,8-11,14,16H2,1-2H3,(H,28,29,30). The van der Waals surface area contributed by atoms with Gasteiger partial charge in [-0.2, -0.15) is 4.98 Å². The van der Waals surface area contributed by atoms with Gasteiger partial charge in [-0.1, -0.05) is 18.2 Å². The Bertz CT molecular complexity index is 1430. The van der Waals surface area contributed by atoms with E-state index in [0.29, 0.717) is 17.0 Å². The molecule has 0 radical (unpaired) electrons. The number of hydrogen-bond donors (Lipinski definition) is 2. The first kappa shape index (κ1) is 21.1. The molecule has 1 aliphatic heterocycles. The predicted octanol–water partition coefficient (Wildman–Crippen LogP) is 3.37. The molecule has 0 bridgehead atoms. The van der Waals surface area contributed by atoms with Crippen LogP contribution >= 0.6 is 0 Å². The number of hydrogen-bond acceptors (Lipinski definition) is 6. The van der Waals surface area contributed by atoms with Gasteiger partial charge in [-0.15, -0.1) is 0 Å². The molecule has 34 heavy (non-hydrogen) atoms. The molecule has 1 aliphatic carbocycles. The normalized spacial score (nSPS) is 15.6. The molecular formula is C26H29N7O. The molecule has 1 fully saturated rings. The van der Waals surface area contributed by atoms with E-state index in [4.69, 9.17) is 4.98 Å². The summed E-state index contributed by atoms with van der Waals surface area (Å²) in [6.07, 6.45) is 4.69. The lowest BCUT2D eigenvalue weighted by atomic mass is 10.0. The van der Waals surface area contributed by atoms with Crippen LogP contribution < -0.4 is 16.2 Å². The van der Waals surface area contributed by atoms with Crippen LogP contribution in [-0.2, 0) is 19.5 Å². The van der Waals surface area contributed by atoms with E-state index in [9.17, 15) is 4.79 Å². The first-order valence-corrected chi connectivity index (χ1v) is 11.9. The Balaban J connectivity index is 1.44. The Kier molecular flexibility index (Phi) is 5.19. The minimum atomic E-state index is -0.0247. The van der Waals surface area contributed by atoms with Gasteiger partial charge in [-0.3, -0.25) is 4.79 Å². The SMILES string of the molecule is CN(C)Cc1cccc(-n2c3nc(Nc4ccc5c(c4)CCNC5)ncc3c(=O)n2C2CC2)c1. The van der Waals surface area contributed by atoms with Gasteiger partial charge in [0.25, 0.3) is 5.56 Å². The number of nitrogens with zero attached hydrogens (tertiary/aromatic N) is 5. The number of nitrogens with one attached hydrogen (secondary N) is 2. The average Bonchev–Trinajstić information content (AvgIpc) is 3.63. The average molecular weight is 456 g/mol. The van der Waals surface area contributed by atoms with Crippen molar-refractivity contribution < 1.29 is 0 Å². The Morgan fingerprint density at radius 3 is 2.85 bits per heavy atom. The van der Waals surface area contributed by atoms with Gasteiger partial charge in [0.15, 0.2) is 5.65 Å². The van der Waals surface area contributed by atoms with E-state index in [-0.39, 0.29) is 11.6 Å². The molecule has 0 saturated heterocycles. The summed E-state index contributed by atoms with van der Waals surface area (Å²) in [6, 6.07) is 15.0. The highest BCUT2D eigenvalue weighted by Gasteiger charge is 2.30. The van der Waals surface area contributed by atoms with E-state index >= 15 is 0 Å². The van der Waals surface area contributed by atoms with E-state index < -0.39 is 0 Å². The molecule has 174 valence electrons. The van der Waals surface area contributed by atoms with E-state index in [2.05, 4.69) is 64.9 Å². The number of benzene rings is 2. The van der Waals surface area contributed by atoms with Gasteiger partial charge >= 0.3 is 0 Å². The Hall–Kier alpha value is -3.49. The highest BCUT2D eigenvalue weighted by atomic mass is 16.1. The Labute approximate surface area is 198 Å². The van der Waals surface area contributed by atoms with Crippen LogP contribution in [0.25, 0.3) is 16.7 Å². The van der Waals surface area contributed by atoms with Gasteiger partial charge in [0.2, 0.25) is 5.95 Å². The van der Waals surface area contributed by atoms with Crippen LogP contribution in [0.15, 0.2) is 53.5 Å². The molecule has 1 saturated carbocycles. The molecule has 2 N–H and O–H groups in total. The summed E-state index contributed by atoms with van der Waals surface area (Å²) in [5, 5.41) is 7.32. The third-order valence-electron chi connectivity index (χ3n) is 6.52. The van der Waals surface area contributed by atoms with Crippen LogP contribution in [0.1, 0.15) is 35.6 Å². The summed E-state index contributed by atoms with van der Waals surface area (Å²) < 4.78 is 3.85. The van der Waals surface area contributed by atoms with Crippen molar-refractivity contribution in [2.45, 2.75) is 38.4 Å². The fraction of sp³-hybridized carbons (Fsp3) is 0.346. The zero-order valence-corrected chi connectivity index (χ0v) is 19.6. The molecule has 0 unspecified atom stereocenters. The lowest BCUT2D eigenvalue weighted by molar-refractivity contribution is 0.402. The van der Waals surface area contributed by atoms with Crippen molar-refractivity contribution in [2.24, 2.45) is 0 Å². The first-order chi connectivity index (χ1) is 16.6. The van der Waals surface area contributed by atoms with Crippen LogP contribution in [0.4, 0.5) is 11.6 Å². The molecule has 8 heteroatoms. The van der Waals surface area contributed by atoms with Crippen molar-refractivity contribution in [1.29, 1.82) is 0 Å². The summed E-state index contributed by atoms with van der Waals surface area (Å²) in [7, 11) is 4.11. The summed E-state index contributed by atoms with van der Waals surface area (Å²) in [5.41, 5.74) is 6.39. The van der Waals surface area contributed by atoms with E-state index in [0.717, 1.165) is 50.3 Å². The highest BCUT2D eigenvalue weighted by Crippen LogP contribution is 2.35. The minimum Gasteiger partial charge on any atom is -0.324 e. The van der Waals surface area contributed by atoms with E-state index in [1.165, 1.54) is 16.7 Å². The fourth-order valence-corrected chi connectivity index (χ4v) is 4.79. The van der Waals surface area contributed by atoms with Crippen LogP contribution in [0, 0.1) is 0 Å². The van der Waals surface area contributed by atoms with Gasteiger partial charge in [0, 0.05) is 25.0 Å². The molecule has 8 nitrogen and oxygen atoms in total. The van der Waals surface area contributed by atoms with E-state index in [1.807, 2.05) is 21.5 Å². The van der Waals surface area contributed by atoms with Gasteiger partial charge in [0.1, 0.15) is 5.39 Å². The molecule has 0 atom stereocenters. The van der Waals surface area contributed by atoms with Gasteiger partial charge in [-0.25, -0.2) is 14.3 Å². The summed E-state index contributed by atoms with van der Waals surface area (Å²) in [5.74, 6) is 0.493. The number of aromatic nitrogens is 4. The zero-order chi connectivity index (χ0) is 23.2. The summed E-state index contributed by atoms with van der Waals surface area (Å²) in [6.45, 7) is 2.73. The summed E-state index contributed by atoms with van der Waals surface area (Å²) in [4.78, 5) is 24.8. The van der Waals surface area contributed by atoms with Crippen molar-refractivity contribution in [2.75, 3.05) is 26.0 Å². The molecule has 3 heterocycles. The van der Waals surface area contributed by atoms with E-state index in [1.54, 1.807) is 6.20 Å².